The normalized spacial score (nSPS) is 24.8. The van der Waals surface area contributed by atoms with Crippen LogP contribution in [0.1, 0.15) is 54.4 Å². The van der Waals surface area contributed by atoms with E-state index in [4.69, 9.17) is 16.3 Å². The highest BCUT2D eigenvalue weighted by Gasteiger charge is 2.42. The van der Waals surface area contributed by atoms with E-state index >= 15 is 0 Å². The van der Waals surface area contributed by atoms with Gasteiger partial charge in [0.1, 0.15) is 0 Å². The predicted octanol–water partition coefficient (Wildman–Crippen LogP) is 3.67. The SMILES string of the molecule is Cc1ccc(Cl)cc1C(=O)N1CCC2(CCC(=O)N(CC3CCCO3)C2)CC1. The molecule has 0 aliphatic carbocycles. The van der Waals surface area contributed by atoms with E-state index in [9.17, 15) is 9.59 Å². The molecular weight excluding hydrogens is 376 g/mol. The highest BCUT2D eigenvalue weighted by molar-refractivity contribution is 6.31. The summed E-state index contributed by atoms with van der Waals surface area (Å²) in [5, 5.41) is 0.595. The lowest BCUT2D eigenvalue weighted by molar-refractivity contribution is -0.141. The smallest absolute Gasteiger partial charge is 0.254 e. The molecule has 6 heteroatoms. The molecule has 1 aromatic rings. The van der Waals surface area contributed by atoms with Gasteiger partial charge in [0.05, 0.1) is 6.10 Å². The minimum atomic E-state index is 0.0675. The lowest BCUT2D eigenvalue weighted by atomic mass is 9.72. The molecule has 0 bridgehead atoms. The Morgan fingerprint density at radius 3 is 2.79 bits per heavy atom. The summed E-state index contributed by atoms with van der Waals surface area (Å²) in [5.74, 6) is 0.326. The number of piperidine rings is 2. The van der Waals surface area contributed by atoms with Crippen molar-refractivity contribution in [2.24, 2.45) is 5.41 Å². The fraction of sp³-hybridized carbons (Fsp3) is 0.636. The third kappa shape index (κ3) is 4.06. The van der Waals surface area contributed by atoms with Crippen LogP contribution in [0.15, 0.2) is 18.2 Å². The van der Waals surface area contributed by atoms with E-state index in [-0.39, 0.29) is 23.3 Å². The number of likely N-dealkylation sites (tertiary alicyclic amines) is 2. The second kappa shape index (κ2) is 8.03. The molecule has 1 aromatic carbocycles. The first kappa shape index (κ1) is 19.7. The molecule has 3 aliphatic rings. The van der Waals surface area contributed by atoms with Crippen molar-refractivity contribution in [1.29, 1.82) is 0 Å². The Balaban J connectivity index is 1.39. The molecule has 152 valence electrons. The van der Waals surface area contributed by atoms with Gasteiger partial charge in [-0.2, -0.15) is 0 Å². The molecule has 28 heavy (non-hydrogen) atoms. The van der Waals surface area contributed by atoms with Gasteiger partial charge in [-0.05, 0) is 62.1 Å². The highest BCUT2D eigenvalue weighted by atomic mass is 35.5. The van der Waals surface area contributed by atoms with Gasteiger partial charge in [0.25, 0.3) is 5.91 Å². The van der Waals surface area contributed by atoms with Crippen molar-refractivity contribution in [2.45, 2.75) is 51.6 Å². The van der Waals surface area contributed by atoms with Gasteiger partial charge in [0.15, 0.2) is 0 Å². The van der Waals surface area contributed by atoms with Crippen molar-refractivity contribution in [1.82, 2.24) is 9.80 Å². The Labute approximate surface area is 172 Å². The Hall–Kier alpha value is -1.59. The molecule has 3 fully saturated rings. The Kier molecular flexibility index (Phi) is 5.66. The van der Waals surface area contributed by atoms with Crippen molar-refractivity contribution >= 4 is 23.4 Å². The Bertz CT molecular complexity index is 752. The predicted molar refractivity (Wildman–Crippen MR) is 109 cm³/mol. The van der Waals surface area contributed by atoms with Gasteiger partial charge in [-0.1, -0.05) is 17.7 Å². The van der Waals surface area contributed by atoms with E-state index in [1.165, 1.54) is 0 Å². The zero-order chi connectivity index (χ0) is 19.7. The van der Waals surface area contributed by atoms with E-state index in [2.05, 4.69) is 0 Å². The second-order valence-corrected chi connectivity index (χ2v) is 9.10. The van der Waals surface area contributed by atoms with Crippen LogP contribution in [-0.2, 0) is 9.53 Å². The minimum absolute atomic E-state index is 0.0675. The number of carbonyl (C=O) groups is 2. The largest absolute Gasteiger partial charge is 0.376 e. The summed E-state index contributed by atoms with van der Waals surface area (Å²) >= 11 is 6.10. The topological polar surface area (TPSA) is 49.9 Å². The molecule has 0 saturated carbocycles. The molecule has 0 N–H and O–H groups in total. The van der Waals surface area contributed by atoms with Crippen LogP contribution in [0, 0.1) is 12.3 Å². The van der Waals surface area contributed by atoms with Gasteiger partial charge in [-0.3, -0.25) is 9.59 Å². The number of carbonyl (C=O) groups excluding carboxylic acids is 2. The first-order valence-corrected chi connectivity index (χ1v) is 10.8. The third-order valence-corrected chi connectivity index (χ3v) is 6.97. The zero-order valence-electron chi connectivity index (χ0n) is 16.6. The maximum Gasteiger partial charge on any atom is 0.254 e. The van der Waals surface area contributed by atoms with Crippen LogP contribution >= 0.6 is 11.6 Å². The van der Waals surface area contributed by atoms with E-state index in [1.807, 2.05) is 28.9 Å². The maximum absolute atomic E-state index is 13.0. The Morgan fingerprint density at radius 1 is 1.29 bits per heavy atom. The van der Waals surface area contributed by atoms with Crippen LogP contribution < -0.4 is 0 Å². The molecule has 3 heterocycles. The highest BCUT2D eigenvalue weighted by Crippen LogP contribution is 2.41. The van der Waals surface area contributed by atoms with Gasteiger partial charge in [0, 0.05) is 49.8 Å². The summed E-state index contributed by atoms with van der Waals surface area (Å²) in [6, 6.07) is 5.49. The third-order valence-electron chi connectivity index (χ3n) is 6.74. The van der Waals surface area contributed by atoms with Gasteiger partial charge in [-0.25, -0.2) is 0 Å². The van der Waals surface area contributed by atoms with Crippen LogP contribution in [0.2, 0.25) is 5.02 Å². The second-order valence-electron chi connectivity index (χ2n) is 8.66. The van der Waals surface area contributed by atoms with Gasteiger partial charge >= 0.3 is 0 Å². The number of hydrogen-bond donors (Lipinski definition) is 0. The first-order valence-electron chi connectivity index (χ1n) is 10.4. The number of benzene rings is 1. The molecule has 0 aromatic heterocycles. The van der Waals surface area contributed by atoms with Crippen molar-refractivity contribution in [3.63, 3.8) is 0 Å². The van der Waals surface area contributed by atoms with E-state index in [0.29, 0.717) is 17.0 Å². The molecule has 1 spiro atoms. The molecule has 5 nitrogen and oxygen atoms in total. The lowest BCUT2D eigenvalue weighted by Gasteiger charge is -2.47. The average Bonchev–Trinajstić information content (AvgIpc) is 3.20. The summed E-state index contributed by atoms with van der Waals surface area (Å²) in [4.78, 5) is 29.4. The van der Waals surface area contributed by atoms with E-state index < -0.39 is 0 Å². The fourth-order valence-corrected chi connectivity index (χ4v) is 5.06. The van der Waals surface area contributed by atoms with Gasteiger partial charge in [-0.15, -0.1) is 0 Å². The molecule has 0 radical (unpaired) electrons. The van der Waals surface area contributed by atoms with Gasteiger partial charge in [0.2, 0.25) is 5.91 Å². The summed E-state index contributed by atoms with van der Waals surface area (Å²) in [6.07, 6.45) is 5.81. The number of halogens is 1. The maximum atomic E-state index is 13.0. The van der Waals surface area contributed by atoms with E-state index in [1.54, 1.807) is 6.07 Å². The van der Waals surface area contributed by atoms with Crippen LogP contribution in [0.4, 0.5) is 0 Å². The van der Waals surface area contributed by atoms with Crippen molar-refractivity contribution in [2.75, 3.05) is 32.8 Å². The molecule has 2 amide bonds. The van der Waals surface area contributed by atoms with Crippen LogP contribution in [0.5, 0.6) is 0 Å². The van der Waals surface area contributed by atoms with Crippen molar-refractivity contribution in [3.05, 3.63) is 34.3 Å². The minimum Gasteiger partial charge on any atom is -0.376 e. The summed E-state index contributed by atoms with van der Waals surface area (Å²) in [7, 11) is 0. The number of ether oxygens (including phenoxy) is 1. The average molecular weight is 405 g/mol. The summed E-state index contributed by atoms with van der Waals surface area (Å²) in [5.41, 5.74) is 1.80. The van der Waals surface area contributed by atoms with Crippen molar-refractivity contribution in [3.8, 4) is 0 Å². The molecule has 1 atom stereocenters. The molecular formula is C22H29ClN2O3. The number of amides is 2. The monoisotopic (exact) mass is 404 g/mol. The fourth-order valence-electron chi connectivity index (χ4n) is 4.89. The number of hydrogen-bond acceptors (Lipinski definition) is 3. The Morgan fingerprint density at radius 2 is 2.07 bits per heavy atom. The lowest BCUT2D eigenvalue weighted by Crippen LogP contribution is -2.53. The van der Waals surface area contributed by atoms with Crippen LogP contribution in [0.25, 0.3) is 0 Å². The molecule has 3 aliphatic heterocycles. The summed E-state index contributed by atoms with van der Waals surface area (Å²) in [6.45, 7) is 5.79. The van der Waals surface area contributed by atoms with Crippen LogP contribution in [0.3, 0.4) is 0 Å². The van der Waals surface area contributed by atoms with Crippen LogP contribution in [-0.4, -0.2) is 60.5 Å². The molecule has 1 unspecified atom stereocenters. The quantitative estimate of drug-likeness (QED) is 0.772. The number of rotatable bonds is 3. The van der Waals surface area contributed by atoms with Crippen molar-refractivity contribution < 1.29 is 14.3 Å². The van der Waals surface area contributed by atoms with Gasteiger partial charge < -0.3 is 14.5 Å². The molecule has 4 rings (SSSR count). The summed E-state index contributed by atoms with van der Waals surface area (Å²) < 4.78 is 5.74. The zero-order valence-corrected chi connectivity index (χ0v) is 17.3. The standard InChI is InChI=1S/C22H29ClN2O3/c1-16-4-5-17(23)13-19(16)21(27)24-10-8-22(9-11-24)7-6-20(26)25(15-22)14-18-3-2-12-28-18/h4-5,13,18H,2-3,6-12,14-15H2,1H3. The number of nitrogens with zero attached hydrogens (tertiary/aromatic N) is 2. The first-order chi connectivity index (χ1) is 13.5. The molecule has 3 saturated heterocycles. The van der Waals surface area contributed by atoms with E-state index in [0.717, 1.165) is 70.5 Å². The number of aryl methyl sites for hydroxylation is 1.